The summed E-state index contributed by atoms with van der Waals surface area (Å²) < 4.78 is 0. The minimum absolute atomic E-state index is 0.719. The van der Waals surface area contributed by atoms with Gasteiger partial charge in [0.2, 0.25) is 0 Å². The molecule has 0 spiro atoms. The van der Waals surface area contributed by atoms with Crippen molar-refractivity contribution in [1.82, 2.24) is 5.32 Å². The van der Waals surface area contributed by atoms with Crippen LogP contribution in [0.4, 0.5) is 5.69 Å². The number of unbranched alkanes of at least 4 members (excludes halogenated alkanes) is 1. The normalized spacial score (nSPS) is 22.2. The number of nitrogens with zero attached hydrogens (tertiary/aromatic N) is 1. The minimum Gasteiger partial charge on any atom is -0.371 e. The quantitative estimate of drug-likeness (QED) is 0.759. The van der Waals surface area contributed by atoms with E-state index in [1.807, 2.05) is 0 Å². The first-order valence-corrected chi connectivity index (χ1v) is 8.88. The molecule has 118 valence electrons. The van der Waals surface area contributed by atoms with E-state index in [9.17, 15) is 0 Å². The summed E-state index contributed by atoms with van der Waals surface area (Å²) in [6.45, 7) is 8.02. The van der Waals surface area contributed by atoms with Crippen molar-refractivity contribution in [3.63, 3.8) is 0 Å². The summed E-state index contributed by atoms with van der Waals surface area (Å²) >= 11 is 0. The average Bonchev–Trinajstić information content (AvgIpc) is 2.54. The largest absolute Gasteiger partial charge is 0.371 e. The molecular formula is C19H32N2. The Balaban J connectivity index is 2.02. The molecule has 0 aromatic heterocycles. The van der Waals surface area contributed by atoms with Gasteiger partial charge in [0.25, 0.3) is 0 Å². The van der Waals surface area contributed by atoms with Gasteiger partial charge in [0.15, 0.2) is 0 Å². The van der Waals surface area contributed by atoms with E-state index in [2.05, 4.69) is 54.4 Å². The molecule has 2 atom stereocenters. The number of nitrogens with one attached hydrogen (secondary N) is 1. The third kappa shape index (κ3) is 5.03. The minimum atomic E-state index is 0.719. The van der Waals surface area contributed by atoms with Crippen LogP contribution in [-0.2, 0) is 0 Å². The molecule has 21 heavy (non-hydrogen) atoms. The standard InChI is InChI=1S/C19H32N2/c1-3-5-15-21(18-12-7-6-8-13-18)16-17-11-9-10-14-19(17)20-4-2/h6-8,12-13,17,19-20H,3-5,9-11,14-16H2,1-2H3. The SMILES string of the molecule is CCCCN(CC1CCCCC1NCC)c1ccccc1. The first kappa shape index (κ1) is 16.4. The maximum atomic E-state index is 3.72. The van der Waals surface area contributed by atoms with Crippen molar-refractivity contribution in [2.75, 3.05) is 24.5 Å². The molecule has 1 aromatic rings. The Labute approximate surface area is 130 Å². The Morgan fingerprint density at radius 3 is 2.57 bits per heavy atom. The summed E-state index contributed by atoms with van der Waals surface area (Å²) in [7, 11) is 0. The van der Waals surface area contributed by atoms with Crippen LogP contribution in [0.1, 0.15) is 52.4 Å². The molecule has 1 fully saturated rings. The fourth-order valence-corrected chi connectivity index (χ4v) is 3.55. The first-order chi connectivity index (χ1) is 10.3. The van der Waals surface area contributed by atoms with E-state index >= 15 is 0 Å². The summed E-state index contributed by atoms with van der Waals surface area (Å²) in [6, 6.07) is 11.7. The Kier molecular flexibility index (Phi) is 7.08. The fourth-order valence-electron chi connectivity index (χ4n) is 3.55. The molecule has 1 aliphatic carbocycles. The summed E-state index contributed by atoms with van der Waals surface area (Å²) in [6.07, 6.45) is 8.09. The van der Waals surface area contributed by atoms with Crippen molar-refractivity contribution in [2.24, 2.45) is 5.92 Å². The molecule has 0 saturated heterocycles. The number of para-hydroxylation sites is 1. The van der Waals surface area contributed by atoms with E-state index in [4.69, 9.17) is 0 Å². The van der Waals surface area contributed by atoms with E-state index in [0.29, 0.717) is 0 Å². The summed E-state index contributed by atoms with van der Waals surface area (Å²) in [5.41, 5.74) is 1.40. The molecule has 0 radical (unpaired) electrons. The van der Waals surface area contributed by atoms with Crippen LogP contribution in [0, 0.1) is 5.92 Å². The van der Waals surface area contributed by atoms with Gasteiger partial charge in [0.1, 0.15) is 0 Å². The van der Waals surface area contributed by atoms with Crippen molar-refractivity contribution >= 4 is 5.69 Å². The Bertz CT molecular complexity index is 374. The molecule has 0 amide bonds. The van der Waals surface area contributed by atoms with Gasteiger partial charge >= 0.3 is 0 Å². The molecule has 0 aliphatic heterocycles. The lowest BCUT2D eigenvalue weighted by molar-refractivity contribution is 0.267. The van der Waals surface area contributed by atoms with Gasteiger partial charge in [-0.3, -0.25) is 0 Å². The van der Waals surface area contributed by atoms with Crippen molar-refractivity contribution in [3.05, 3.63) is 30.3 Å². The summed E-state index contributed by atoms with van der Waals surface area (Å²) in [4.78, 5) is 2.61. The van der Waals surface area contributed by atoms with Gasteiger partial charge in [-0.15, -0.1) is 0 Å². The third-order valence-corrected chi connectivity index (χ3v) is 4.73. The molecule has 1 aliphatic rings. The van der Waals surface area contributed by atoms with Gasteiger partial charge in [-0.2, -0.15) is 0 Å². The zero-order valence-electron chi connectivity index (χ0n) is 13.9. The smallest absolute Gasteiger partial charge is 0.0366 e. The molecule has 0 heterocycles. The molecule has 0 bridgehead atoms. The number of benzene rings is 1. The van der Waals surface area contributed by atoms with Crippen molar-refractivity contribution < 1.29 is 0 Å². The zero-order valence-corrected chi connectivity index (χ0v) is 13.9. The highest BCUT2D eigenvalue weighted by atomic mass is 15.1. The second-order valence-electron chi connectivity index (χ2n) is 6.34. The highest BCUT2D eigenvalue weighted by Crippen LogP contribution is 2.27. The van der Waals surface area contributed by atoms with Crippen LogP contribution >= 0.6 is 0 Å². The van der Waals surface area contributed by atoms with Crippen LogP contribution in [-0.4, -0.2) is 25.7 Å². The van der Waals surface area contributed by atoms with E-state index < -0.39 is 0 Å². The maximum Gasteiger partial charge on any atom is 0.0366 e. The maximum absolute atomic E-state index is 3.72. The van der Waals surface area contributed by atoms with Gasteiger partial charge in [0.05, 0.1) is 0 Å². The lowest BCUT2D eigenvalue weighted by Gasteiger charge is -2.37. The first-order valence-electron chi connectivity index (χ1n) is 8.88. The lowest BCUT2D eigenvalue weighted by Crippen LogP contribution is -2.44. The van der Waals surface area contributed by atoms with Gasteiger partial charge < -0.3 is 10.2 Å². The monoisotopic (exact) mass is 288 g/mol. The van der Waals surface area contributed by atoms with Gasteiger partial charge in [-0.25, -0.2) is 0 Å². The summed E-state index contributed by atoms with van der Waals surface area (Å²) in [5.74, 6) is 0.802. The number of anilines is 1. The van der Waals surface area contributed by atoms with Crippen molar-refractivity contribution in [1.29, 1.82) is 0 Å². The molecule has 1 N–H and O–H groups in total. The Hall–Kier alpha value is -1.02. The molecule has 2 rings (SSSR count). The second-order valence-corrected chi connectivity index (χ2v) is 6.34. The van der Waals surface area contributed by atoms with E-state index in [1.165, 1.54) is 57.3 Å². The molecule has 2 heteroatoms. The lowest BCUT2D eigenvalue weighted by atomic mass is 9.84. The van der Waals surface area contributed by atoms with E-state index in [0.717, 1.165) is 18.5 Å². The molecule has 2 nitrogen and oxygen atoms in total. The molecule has 1 aromatic carbocycles. The molecular weight excluding hydrogens is 256 g/mol. The van der Waals surface area contributed by atoms with Gasteiger partial charge in [0, 0.05) is 24.8 Å². The van der Waals surface area contributed by atoms with Crippen LogP contribution in [0.25, 0.3) is 0 Å². The van der Waals surface area contributed by atoms with E-state index in [1.54, 1.807) is 0 Å². The summed E-state index contributed by atoms with van der Waals surface area (Å²) in [5, 5.41) is 3.72. The number of rotatable bonds is 8. The predicted molar refractivity (Wildman–Crippen MR) is 93.0 cm³/mol. The molecule has 1 saturated carbocycles. The van der Waals surface area contributed by atoms with Crippen molar-refractivity contribution in [2.45, 2.75) is 58.4 Å². The highest BCUT2D eigenvalue weighted by molar-refractivity contribution is 5.46. The van der Waals surface area contributed by atoms with Crippen LogP contribution < -0.4 is 10.2 Å². The van der Waals surface area contributed by atoms with Gasteiger partial charge in [-0.1, -0.05) is 51.3 Å². The number of hydrogen-bond acceptors (Lipinski definition) is 2. The van der Waals surface area contributed by atoms with Gasteiger partial charge in [-0.05, 0) is 43.9 Å². The Morgan fingerprint density at radius 1 is 1.10 bits per heavy atom. The van der Waals surface area contributed by atoms with Crippen molar-refractivity contribution in [3.8, 4) is 0 Å². The second kappa shape index (κ2) is 9.09. The van der Waals surface area contributed by atoms with Crippen LogP contribution in [0.3, 0.4) is 0 Å². The third-order valence-electron chi connectivity index (χ3n) is 4.73. The van der Waals surface area contributed by atoms with Crippen LogP contribution in [0.5, 0.6) is 0 Å². The van der Waals surface area contributed by atoms with Crippen LogP contribution in [0.2, 0.25) is 0 Å². The predicted octanol–water partition coefficient (Wildman–Crippen LogP) is 4.46. The topological polar surface area (TPSA) is 15.3 Å². The Morgan fingerprint density at radius 2 is 1.86 bits per heavy atom. The fraction of sp³-hybridized carbons (Fsp3) is 0.684. The highest BCUT2D eigenvalue weighted by Gasteiger charge is 2.26. The van der Waals surface area contributed by atoms with E-state index in [-0.39, 0.29) is 0 Å². The molecule has 2 unspecified atom stereocenters. The average molecular weight is 288 g/mol. The van der Waals surface area contributed by atoms with Crippen LogP contribution in [0.15, 0.2) is 30.3 Å². The number of hydrogen-bond donors (Lipinski definition) is 1. The zero-order chi connectivity index (χ0) is 14.9.